The Morgan fingerprint density at radius 2 is 2.14 bits per heavy atom. The van der Waals surface area contributed by atoms with E-state index in [1.165, 1.54) is 6.07 Å². The maximum absolute atomic E-state index is 12.3. The standard InChI is InChI=1S/C11H13N3O4S3/c15-20(16)5-4-8(7-20)6-12-21(17,18)10-3-1-2-9-11(10)14-19-13-9/h1-3,8,12H,4-7H2/t8-/m0/s1. The molecule has 2 heterocycles. The quantitative estimate of drug-likeness (QED) is 0.858. The van der Waals surface area contributed by atoms with Gasteiger partial charge >= 0.3 is 0 Å². The fourth-order valence-electron chi connectivity index (χ4n) is 2.34. The highest BCUT2D eigenvalue weighted by molar-refractivity contribution is 7.91. The van der Waals surface area contributed by atoms with Crippen LogP contribution in [0.4, 0.5) is 0 Å². The van der Waals surface area contributed by atoms with Crippen LogP contribution in [0.25, 0.3) is 11.0 Å². The lowest BCUT2D eigenvalue weighted by Gasteiger charge is -2.10. The summed E-state index contributed by atoms with van der Waals surface area (Å²) in [5.41, 5.74) is 0.875. The van der Waals surface area contributed by atoms with Crippen molar-refractivity contribution in [2.24, 2.45) is 5.92 Å². The first-order chi connectivity index (χ1) is 9.87. The summed E-state index contributed by atoms with van der Waals surface area (Å²) in [6.45, 7) is 0.121. The van der Waals surface area contributed by atoms with E-state index in [1.54, 1.807) is 12.1 Å². The average molecular weight is 347 g/mol. The van der Waals surface area contributed by atoms with Crippen LogP contribution in [0.15, 0.2) is 23.1 Å². The van der Waals surface area contributed by atoms with Gasteiger partial charge in [-0.25, -0.2) is 21.6 Å². The minimum absolute atomic E-state index is 0.0397. The van der Waals surface area contributed by atoms with Crippen molar-refractivity contribution in [2.45, 2.75) is 11.3 Å². The van der Waals surface area contributed by atoms with Crippen LogP contribution >= 0.6 is 11.7 Å². The van der Waals surface area contributed by atoms with Gasteiger partial charge in [-0.2, -0.15) is 8.75 Å². The number of hydrogen-bond donors (Lipinski definition) is 1. The second-order valence-corrected chi connectivity index (χ2v) is 9.50. The Morgan fingerprint density at radius 3 is 2.86 bits per heavy atom. The van der Waals surface area contributed by atoms with Gasteiger partial charge in [0.25, 0.3) is 0 Å². The first-order valence-corrected chi connectivity index (χ1v) is 10.3. The third kappa shape index (κ3) is 3.07. The zero-order valence-electron chi connectivity index (χ0n) is 10.9. The Labute approximate surface area is 126 Å². The molecule has 0 aliphatic carbocycles. The van der Waals surface area contributed by atoms with Gasteiger partial charge in [0.05, 0.1) is 23.2 Å². The summed E-state index contributed by atoms with van der Waals surface area (Å²) < 4.78 is 57.9. The molecule has 0 radical (unpaired) electrons. The topological polar surface area (TPSA) is 106 Å². The molecule has 1 fully saturated rings. The third-order valence-corrected chi connectivity index (χ3v) is 7.26. The highest BCUT2D eigenvalue weighted by Crippen LogP contribution is 2.22. The van der Waals surface area contributed by atoms with E-state index in [2.05, 4.69) is 13.5 Å². The van der Waals surface area contributed by atoms with E-state index < -0.39 is 19.9 Å². The highest BCUT2D eigenvalue weighted by atomic mass is 32.2. The Kier molecular flexibility index (Phi) is 3.72. The molecule has 10 heteroatoms. The predicted octanol–water partition coefficient (Wildman–Crippen LogP) is 0.404. The van der Waals surface area contributed by atoms with E-state index in [9.17, 15) is 16.8 Å². The normalized spacial score (nSPS) is 21.8. The summed E-state index contributed by atoms with van der Waals surface area (Å²) in [6, 6.07) is 4.77. The zero-order chi connectivity index (χ0) is 15.1. The molecule has 1 N–H and O–H groups in total. The van der Waals surface area contributed by atoms with Crippen molar-refractivity contribution in [3.05, 3.63) is 18.2 Å². The summed E-state index contributed by atoms with van der Waals surface area (Å²) in [6.07, 6.45) is 0.493. The molecule has 1 atom stereocenters. The molecule has 1 saturated heterocycles. The van der Waals surface area contributed by atoms with Crippen molar-refractivity contribution in [3.8, 4) is 0 Å². The number of rotatable bonds is 4. The number of nitrogens with one attached hydrogen (secondary N) is 1. The molecule has 3 rings (SSSR count). The van der Waals surface area contributed by atoms with Crippen molar-refractivity contribution in [1.82, 2.24) is 13.5 Å². The van der Waals surface area contributed by atoms with Crippen LogP contribution in [-0.2, 0) is 19.9 Å². The van der Waals surface area contributed by atoms with Gasteiger partial charge in [-0.05, 0) is 24.5 Å². The lowest BCUT2D eigenvalue weighted by atomic mass is 10.1. The molecule has 1 aliphatic rings. The van der Waals surface area contributed by atoms with Gasteiger partial charge in [-0.15, -0.1) is 0 Å². The second-order valence-electron chi connectivity index (χ2n) is 5.01. The van der Waals surface area contributed by atoms with Gasteiger partial charge in [0.1, 0.15) is 15.9 Å². The Bertz CT molecular complexity index is 873. The van der Waals surface area contributed by atoms with Crippen molar-refractivity contribution in [2.75, 3.05) is 18.1 Å². The van der Waals surface area contributed by atoms with Crippen molar-refractivity contribution >= 4 is 42.6 Å². The zero-order valence-corrected chi connectivity index (χ0v) is 13.3. The van der Waals surface area contributed by atoms with E-state index in [-0.39, 0.29) is 28.9 Å². The van der Waals surface area contributed by atoms with E-state index in [0.29, 0.717) is 17.5 Å². The molecular weight excluding hydrogens is 334 g/mol. The molecule has 0 amide bonds. The van der Waals surface area contributed by atoms with E-state index in [0.717, 1.165) is 11.7 Å². The summed E-state index contributed by atoms with van der Waals surface area (Å²) in [4.78, 5) is 0.0783. The predicted molar refractivity (Wildman–Crippen MR) is 79.4 cm³/mol. The summed E-state index contributed by atoms with van der Waals surface area (Å²) in [5, 5.41) is 0. The van der Waals surface area contributed by atoms with E-state index in [1.807, 2.05) is 0 Å². The van der Waals surface area contributed by atoms with Crippen molar-refractivity contribution in [3.63, 3.8) is 0 Å². The maximum atomic E-state index is 12.3. The van der Waals surface area contributed by atoms with Gasteiger partial charge < -0.3 is 0 Å². The van der Waals surface area contributed by atoms with Gasteiger partial charge in [0.15, 0.2) is 9.84 Å². The molecular formula is C11H13N3O4S3. The molecule has 1 aromatic heterocycles. The molecule has 0 spiro atoms. The van der Waals surface area contributed by atoms with E-state index in [4.69, 9.17) is 0 Å². The Balaban J connectivity index is 1.80. The molecule has 0 unspecified atom stereocenters. The highest BCUT2D eigenvalue weighted by Gasteiger charge is 2.29. The first-order valence-electron chi connectivity index (χ1n) is 6.29. The monoisotopic (exact) mass is 347 g/mol. The lowest BCUT2D eigenvalue weighted by molar-refractivity contribution is 0.543. The maximum Gasteiger partial charge on any atom is 0.242 e. The third-order valence-electron chi connectivity index (χ3n) is 3.43. The fraction of sp³-hybridized carbons (Fsp3) is 0.455. The number of benzene rings is 1. The largest absolute Gasteiger partial charge is 0.242 e. The summed E-state index contributed by atoms with van der Waals surface area (Å²) in [7, 11) is -6.73. The lowest BCUT2D eigenvalue weighted by Crippen LogP contribution is -2.30. The smallest absolute Gasteiger partial charge is 0.229 e. The van der Waals surface area contributed by atoms with Crippen LogP contribution in [0.1, 0.15) is 6.42 Å². The van der Waals surface area contributed by atoms with Crippen LogP contribution in [0, 0.1) is 5.92 Å². The van der Waals surface area contributed by atoms with Crippen LogP contribution in [0.2, 0.25) is 0 Å². The van der Waals surface area contributed by atoms with Gasteiger partial charge in [0, 0.05) is 6.54 Å². The summed E-state index contributed by atoms with van der Waals surface area (Å²) >= 11 is 0.955. The van der Waals surface area contributed by atoms with Crippen LogP contribution in [-0.4, -0.2) is 43.6 Å². The van der Waals surface area contributed by atoms with Crippen molar-refractivity contribution in [1.29, 1.82) is 0 Å². The fourth-order valence-corrected chi connectivity index (χ4v) is 6.08. The second kappa shape index (κ2) is 5.27. The van der Waals surface area contributed by atoms with Crippen molar-refractivity contribution < 1.29 is 16.8 Å². The van der Waals surface area contributed by atoms with Crippen LogP contribution in [0.5, 0.6) is 0 Å². The molecule has 7 nitrogen and oxygen atoms in total. The SMILES string of the molecule is O=S1(=O)CC[C@@H](CNS(=O)(=O)c2cccc3nsnc23)C1. The average Bonchev–Trinajstić information content (AvgIpc) is 3.02. The molecule has 1 aromatic carbocycles. The number of sulfone groups is 1. The summed E-state index contributed by atoms with van der Waals surface area (Å²) in [5.74, 6) is 0.000656. The molecule has 114 valence electrons. The van der Waals surface area contributed by atoms with Gasteiger partial charge in [0.2, 0.25) is 10.0 Å². The molecule has 0 bridgehead atoms. The number of nitrogens with zero attached hydrogens (tertiary/aromatic N) is 2. The molecule has 2 aromatic rings. The molecule has 0 saturated carbocycles. The van der Waals surface area contributed by atoms with Gasteiger partial charge in [-0.1, -0.05) is 6.07 Å². The number of fused-ring (bicyclic) bond motifs is 1. The number of sulfonamides is 1. The molecule has 21 heavy (non-hydrogen) atoms. The number of hydrogen-bond acceptors (Lipinski definition) is 7. The minimum atomic E-state index is -3.72. The number of aromatic nitrogens is 2. The Morgan fingerprint density at radius 1 is 1.33 bits per heavy atom. The minimum Gasteiger partial charge on any atom is -0.229 e. The Hall–Kier alpha value is -1.10. The van der Waals surface area contributed by atoms with E-state index >= 15 is 0 Å². The van der Waals surface area contributed by atoms with Gasteiger partial charge in [-0.3, -0.25) is 0 Å². The van der Waals surface area contributed by atoms with Crippen LogP contribution in [0.3, 0.4) is 0 Å². The van der Waals surface area contributed by atoms with Crippen LogP contribution < -0.4 is 4.72 Å². The first kappa shape index (κ1) is 14.8. The molecule has 1 aliphatic heterocycles.